The number of hydrogen-bond acceptors (Lipinski definition) is 33. The van der Waals surface area contributed by atoms with E-state index in [4.69, 9.17) is 51.2 Å². The molecule has 0 aromatic carbocycles. The number of urea groups is 6. The zero-order valence-corrected chi connectivity index (χ0v) is 110. The third-order valence-corrected chi connectivity index (χ3v) is 27.3. The van der Waals surface area contributed by atoms with Crippen LogP contribution in [0.3, 0.4) is 0 Å². The smallest absolute Gasteiger partial charge is 0.611 e. The van der Waals surface area contributed by atoms with Crippen molar-refractivity contribution in [2.24, 2.45) is 38.3 Å². The van der Waals surface area contributed by atoms with Crippen LogP contribution < -0.4 is 16.6 Å². The molecule has 8 N–H and O–H groups in total. The van der Waals surface area contributed by atoms with Gasteiger partial charge in [0.2, 0.25) is 17.7 Å². The number of piperidine rings is 6. The quantitative estimate of drug-likeness (QED) is 0.0106. The summed E-state index contributed by atoms with van der Waals surface area (Å²) in [4.78, 5) is 140. The third-order valence-electron chi connectivity index (χ3n) is 26.6. The number of hydrazine groups is 1. The summed E-state index contributed by atoms with van der Waals surface area (Å²) in [6.45, 7) is 4.36. The first kappa shape index (κ1) is 153. The second-order valence-corrected chi connectivity index (χ2v) is 34.5. The average molecular weight is 3780 g/mol. The molecule has 22 rings (SSSR count). The summed E-state index contributed by atoms with van der Waals surface area (Å²) in [7, 11) is -5.02. The van der Waals surface area contributed by atoms with E-state index in [1.807, 2.05) is 0 Å². The Kier molecular flexibility index (Phi) is 65.3. The summed E-state index contributed by atoms with van der Waals surface area (Å²) in [5.41, 5.74) is 1.43. The van der Waals surface area contributed by atoms with Gasteiger partial charge in [-0.3, -0.25) is 39.5 Å². The second kappa shape index (κ2) is 59.7. The topological polar surface area (TPSA) is 611 Å². The Balaban J connectivity index is -0.000000240. The van der Waals surface area contributed by atoms with Gasteiger partial charge in [-0.05, 0) is 148 Å². The van der Waals surface area contributed by atoms with Crippen molar-refractivity contribution in [1.29, 1.82) is 0 Å². The van der Waals surface area contributed by atoms with E-state index < -0.39 is 75.1 Å². The number of hydroxylamine groups is 12. The fourth-order valence-corrected chi connectivity index (χ4v) is 20.4. The number of hydrogen-bond donors (Lipinski definition) is 7. The Labute approximate surface area is 971 Å². The van der Waals surface area contributed by atoms with E-state index in [0.29, 0.717) is 88.5 Å². The molecule has 50 nitrogen and oxygen atoms in total. The predicted octanol–water partition coefficient (Wildman–Crippen LogP) is 5.55. The molecule has 14 amide bonds. The molecule has 12 saturated heterocycles. The largest absolute Gasteiger partial charge is 2.00 e. The predicted molar refractivity (Wildman–Crippen MR) is 468 cm³/mol. The van der Waals surface area contributed by atoms with Gasteiger partial charge in [0, 0.05) is 170 Å². The van der Waals surface area contributed by atoms with Gasteiger partial charge in [-0.25, -0.2) is 75.5 Å². The molecule has 6 saturated carbocycles. The number of carboxylic acid groups (broad SMARTS) is 1. The number of carbonyl (C=O) groups is 8. The van der Waals surface area contributed by atoms with Crippen LogP contribution in [0.2, 0.25) is 0 Å². The summed E-state index contributed by atoms with van der Waals surface area (Å²) in [6, 6.07) is -5.24. The van der Waals surface area contributed by atoms with Crippen LogP contribution in [0, 0.1) is 95.7 Å². The average Bonchev–Trinajstić information content (AvgIpc) is 1.53. The minimum Gasteiger partial charge on any atom is -0.611 e. The third kappa shape index (κ3) is 29.7. The summed E-state index contributed by atoms with van der Waals surface area (Å²) >= 11 is 0. The van der Waals surface area contributed by atoms with Crippen molar-refractivity contribution in [1.82, 2.24) is 111 Å². The van der Waals surface area contributed by atoms with E-state index in [0.717, 1.165) is 105 Å². The second-order valence-electron chi connectivity index (χ2n) is 32.5. The standard InChI is InChI=1S/C12H16N3O4.C11H14N4O6S.C11H13N4O3.C10H11N4O6S.C10H11N4O3.C10H14N2O4.CH3N2O.5CH4.5CH3.3H3P.10W/c1-19-15-9-7-14(11(15)18)8(6-12(9)2-3-12)10(17)13-4-5-16;1-6-12-13-9(20-6)7-4-11(2-3-11)8-5-14(7)10(16)15(8)21-22(17,18)19;1-17-15-8-5-14(10(15)16)7(4-11(8)2-3-11)9-13-12-6-18-9;15-9-13-4-7(14(9)20-21(16,17)18)10(1-2-10)3-6(13)8-12-11-5-19-8;15-9-13-4-7(14(9)16)10(1-2-10)3-6(13)8-12-11-5-17-8;1-16-12-7-5-11(9(12)15)6(8(13)14)4-10(7)2-3-10;2-3-1-4;;;;;;;;;;;;;;;;;;;;;;;/h8-9H,2-4,6-7H2,1H3,(H,13,17);7-8H,2-5H2,1H3,(H,17,18,19);7-8H,2-5H2,1H3;6-7H,1-4H2,(H,16,17,18);6-7,16H,1-4H2;6-7H,2-5H2,1H3,(H,13,14);2H2,(H,3,4);5*1H4;8*1H3;;;;;;;;;;/q-1;;3*-1;;-1;;;;;;5*-1;;;;;;;;;5*+2/t;7-,8?;;2*6-,7?;;;;;;;;;;;;;;;;;;;;;;;;;/m.0.00........................./s1. The number of aliphatic carboxylic acids is 1. The van der Waals surface area contributed by atoms with Crippen molar-refractivity contribution in [3.05, 3.63) is 85.8 Å². The maximum absolute atomic E-state index is 12.4. The molecule has 12 bridgehead atoms. The number of nitrogens with zero attached hydrogens (tertiary/aromatic N) is 20. The molecule has 6 aliphatic carbocycles. The van der Waals surface area contributed by atoms with Crippen molar-refractivity contribution >= 4 is 111 Å². The van der Waals surface area contributed by atoms with Crippen LogP contribution in [0.15, 0.2) is 17.7 Å². The number of nitrogens with two attached hydrogens (primary N) is 1. The van der Waals surface area contributed by atoms with E-state index >= 15 is 0 Å². The number of carbonyl (C=O) groups excluding carboxylic acids is 9. The van der Waals surface area contributed by atoms with Crippen LogP contribution in [0.1, 0.15) is 206 Å². The molecular formula is C75H126N23O27P3S2W10. The van der Waals surface area contributed by atoms with Crippen LogP contribution in [-0.2, 0) is 274 Å². The summed E-state index contributed by atoms with van der Waals surface area (Å²) in [6.07, 6.45) is 25.6. The van der Waals surface area contributed by atoms with E-state index in [-0.39, 0.29) is 426 Å². The molecule has 0 radical (unpaired) electrons. The molecule has 18 aliphatic rings. The molecule has 790 valence electrons. The van der Waals surface area contributed by atoms with Crippen molar-refractivity contribution in [2.75, 3.05) is 67.1 Å². The van der Waals surface area contributed by atoms with E-state index in [1.54, 1.807) is 35.5 Å². The van der Waals surface area contributed by atoms with E-state index in [1.165, 1.54) is 55.4 Å². The summed E-state index contributed by atoms with van der Waals surface area (Å²) < 4.78 is 91.3. The van der Waals surface area contributed by atoms with Crippen LogP contribution >= 0.6 is 29.7 Å². The summed E-state index contributed by atoms with van der Waals surface area (Å²) in [5, 5.41) is 58.0. The molecule has 65 heteroatoms. The molecule has 4 aromatic rings. The Hall–Kier alpha value is -2.03. The number of fused-ring (bicyclic) bond motifs is 18. The minimum absolute atomic E-state index is 0. The Morgan fingerprint density at radius 3 is 0.957 bits per heavy atom. The van der Waals surface area contributed by atoms with Gasteiger partial charge in [0.1, 0.15) is 18.1 Å². The summed E-state index contributed by atoms with van der Waals surface area (Å²) in [5.74, 6) is 5.07. The first-order valence-electron chi connectivity index (χ1n) is 37.6. The van der Waals surface area contributed by atoms with Crippen molar-refractivity contribution in [2.45, 2.75) is 232 Å². The maximum Gasteiger partial charge on any atom is 2.00 e. The fraction of sp³-hybridized carbons (Fsp3) is 0.693. The van der Waals surface area contributed by atoms with Crippen LogP contribution in [0.25, 0.3) is 0 Å². The molecule has 6 spiro atoms. The van der Waals surface area contributed by atoms with E-state index in [2.05, 4.69) is 79.7 Å². The first-order valence-corrected chi connectivity index (χ1v) is 40.3. The normalized spacial score (nSPS) is 25.7. The molecule has 18 fully saturated rings. The van der Waals surface area contributed by atoms with Gasteiger partial charge < -0.3 is 110 Å². The van der Waals surface area contributed by atoms with Crippen molar-refractivity contribution in [3.8, 4) is 0 Å². The van der Waals surface area contributed by atoms with Gasteiger partial charge in [-0.1, -0.05) is 43.7 Å². The molecule has 12 unspecified atom stereocenters. The Morgan fingerprint density at radius 1 is 0.436 bits per heavy atom. The van der Waals surface area contributed by atoms with Gasteiger partial charge in [-0.15, -0.1) is 18.8 Å². The van der Waals surface area contributed by atoms with Crippen LogP contribution in [-0.4, -0.2) is 313 Å². The monoisotopic (exact) mass is 3780 g/mol. The zero-order valence-electron chi connectivity index (χ0n) is 74.3. The fourth-order valence-electron chi connectivity index (χ4n) is 19.7. The van der Waals surface area contributed by atoms with Crippen molar-refractivity contribution < 1.29 is 336 Å². The maximum atomic E-state index is 12.4. The van der Waals surface area contributed by atoms with Crippen LogP contribution in [0.4, 0.5) is 28.8 Å². The van der Waals surface area contributed by atoms with Gasteiger partial charge >= 0.3 is 168 Å². The minimum atomic E-state index is -4.75. The first-order chi connectivity index (χ1) is 55.8. The Morgan fingerprint density at radius 2 is 0.693 bits per heavy atom. The number of aryl methyl sites for hydroxylation is 1. The molecular weight excluding hydrogens is 3650 g/mol. The number of amides is 14. The van der Waals surface area contributed by atoms with E-state index in [9.17, 15) is 65.2 Å². The van der Waals surface area contributed by atoms with Gasteiger partial charge in [0.15, 0.2) is 0 Å². The van der Waals surface area contributed by atoms with Gasteiger partial charge in [0.25, 0.3) is 0 Å². The number of rotatable bonds is 16. The molecule has 16 heterocycles. The molecule has 15 atom stereocenters. The van der Waals surface area contributed by atoms with Crippen molar-refractivity contribution in [3.63, 3.8) is 0 Å². The molecule has 140 heavy (non-hydrogen) atoms. The van der Waals surface area contributed by atoms with Crippen LogP contribution in [0.5, 0.6) is 0 Å². The number of carboxylic acids is 1. The molecule has 12 aliphatic heterocycles. The van der Waals surface area contributed by atoms with Gasteiger partial charge in [-0.2, -0.15) is 78.3 Å². The SMILES string of the molecule is C.C.C.C.C.CON1C(=O)N2CC1C1(CC1)CC2C(=O)NC[C-]=O.CON1C(=O)N2CC1C1(CC1)CC2C(=O)O.CON1C(=O)N2CC1C1(CC1)CC2c1nn[c-]o1.Cc1nnc([C@@H]2CC3(CC3)C3CN2C(=O)N3OS(=O)(=O)O)o1.NN[C-]=O.O=C1N(O)C2CN1[C@H](c1nn[c-]o1)CC21CC1.O=C1N(OS(=O)(=O)O)C2CN1[C@H](c1nn[c-]o1)CC21CC1.P.P.P.[CH3-].[CH3-].[CH3-].[CH3-].[CH3-].[W+2].[W+2].[W+2].[W+2].[W+2].[W].[W].[W].[W].[W]. The zero-order chi connectivity index (χ0) is 83.0. The van der Waals surface area contributed by atoms with Gasteiger partial charge in [0.05, 0.1) is 94.4 Å². The Bertz CT molecular complexity index is 4820. The number of aromatic nitrogens is 8. The molecule has 4 aromatic heterocycles. The number of nitrogens with one attached hydrogen (secondary N) is 2.